The predicted octanol–water partition coefficient (Wildman–Crippen LogP) is 1.94. The molecule has 1 aromatic heterocycles. The number of hydrogen-bond donors (Lipinski definition) is 1. The molecule has 0 saturated carbocycles. The van der Waals surface area contributed by atoms with E-state index in [2.05, 4.69) is 15.2 Å². The van der Waals surface area contributed by atoms with Crippen molar-refractivity contribution in [3.63, 3.8) is 0 Å². The second kappa shape index (κ2) is 6.66. The summed E-state index contributed by atoms with van der Waals surface area (Å²) >= 11 is 0. The van der Waals surface area contributed by atoms with Gasteiger partial charge in [-0.3, -0.25) is 14.7 Å². The Bertz CT molecular complexity index is 647. The summed E-state index contributed by atoms with van der Waals surface area (Å²) in [6, 6.07) is 11.6. The molecule has 2 aromatic rings. The molecule has 0 aliphatic carbocycles. The number of hydrogen-bond acceptors (Lipinski definition) is 3. The number of aromatic nitrogens is 1. The summed E-state index contributed by atoms with van der Waals surface area (Å²) in [6.07, 6.45) is 2.53. The molecular weight excluding hydrogens is 281 g/mol. The zero-order valence-corrected chi connectivity index (χ0v) is 12.2. The maximum atomic E-state index is 13.5. The molecule has 1 fully saturated rings. The van der Waals surface area contributed by atoms with Crippen LogP contribution in [0.1, 0.15) is 17.3 Å². The first-order valence-corrected chi connectivity index (χ1v) is 7.41. The third kappa shape index (κ3) is 3.31. The van der Waals surface area contributed by atoms with Crippen molar-refractivity contribution in [1.82, 2.24) is 15.2 Å². The smallest absolute Gasteiger partial charge is 0.242 e. The van der Waals surface area contributed by atoms with E-state index in [4.69, 9.17) is 0 Å². The number of halogens is 1. The molecule has 1 aromatic carbocycles. The van der Waals surface area contributed by atoms with E-state index >= 15 is 0 Å². The molecule has 1 aliphatic heterocycles. The standard InChI is InChI=1S/C17H18FN3O/c18-14-5-3-4-13(12-14)16-17(22)20-9-11-21(16)10-7-15-6-1-2-8-19-15/h1-6,8,12,16H,7,9-11H2,(H,20,22)/t16-/m1/s1. The molecule has 0 bridgehead atoms. The predicted molar refractivity (Wildman–Crippen MR) is 81.7 cm³/mol. The molecule has 1 amide bonds. The number of pyridine rings is 1. The van der Waals surface area contributed by atoms with E-state index in [0.29, 0.717) is 18.7 Å². The number of piperazine rings is 1. The van der Waals surface area contributed by atoms with Crippen LogP contribution in [0.2, 0.25) is 0 Å². The van der Waals surface area contributed by atoms with Gasteiger partial charge in [-0.15, -0.1) is 0 Å². The number of amides is 1. The Morgan fingerprint density at radius 1 is 1.27 bits per heavy atom. The van der Waals surface area contributed by atoms with Crippen molar-refractivity contribution in [2.24, 2.45) is 0 Å². The van der Waals surface area contributed by atoms with Crippen LogP contribution in [0.4, 0.5) is 4.39 Å². The largest absolute Gasteiger partial charge is 0.353 e. The van der Waals surface area contributed by atoms with E-state index < -0.39 is 6.04 Å². The molecule has 1 atom stereocenters. The Labute approximate surface area is 129 Å². The summed E-state index contributed by atoms with van der Waals surface area (Å²) < 4.78 is 13.5. The third-order valence-electron chi connectivity index (χ3n) is 3.86. The van der Waals surface area contributed by atoms with Crippen LogP contribution in [0, 0.1) is 5.82 Å². The Kier molecular flexibility index (Phi) is 4.44. The summed E-state index contributed by atoms with van der Waals surface area (Å²) in [4.78, 5) is 18.6. The molecule has 1 aliphatic rings. The first-order chi connectivity index (χ1) is 10.7. The Hall–Kier alpha value is -2.27. The average Bonchev–Trinajstić information content (AvgIpc) is 2.54. The van der Waals surface area contributed by atoms with Crippen LogP contribution < -0.4 is 5.32 Å². The van der Waals surface area contributed by atoms with Crippen LogP contribution in [-0.4, -0.2) is 35.4 Å². The maximum absolute atomic E-state index is 13.5. The van der Waals surface area contributed by atoms with Crippen LogP contribution in [-0.2, 0) is 11.2 Å². The molecule has 0 spiro atoms. The van der Waals surface area contributed by atoms with E-state index in [1.807, 2.05) is 18.2 Å². The van der Waals surface area contributed by atoms with Crippen molar-refractivity contribution in [1.29, 1.82) is 0 Å². The zero-order chi connectivity index (χ0) is 15.4. The van der Waals surface area contributed by atoms with Gasteiger partial charge in [0.25, 0.3) is 0 Å². The summed E-state index contributed by atoms with van der Waals surface area (Å²) in [5.41, 5.74) is 1.68. The Morgan fingerprint density at radius 2 is 2.18 bits per heavy atom. The van der Waals surface area contributed by atoms with Crippen LogP contribution >= 0.6 is 0 Å². The van der Waals surface area contributed by atoms with E-state index in [-0.39, 0.29) is 11.7 Å². The van der Waals surface area contributed by atoms with Crippen molar-refractivity contribution in [3.05, 3.63) is 65.7 Å². The molecular formula is C17H18FN3O. The summed E-state index contributed by atoms with van der Waals surface area (Å²) in [5, 5.41) is 2.86. The number of carbonyl (C=O) groups excluding carboxylic acids is 1. The first kappa shape index (κ1) is 14.7. The lowest BCUT2D eigenvalue weighted by Gasteiger charge is -2.35. The molecule has 2 heterocycles. The molecule has 3 rings (SSSR count). The number of benzene rings is 1. The SMILES string of the molecule is O=C1NCCN(CCc2ccccn2)[C@@H]1c1cccc(F)c1. The fourth-order valence-electron chi connectivity index (χ4n) is 2.80. The van der Waals surface area contributed by atoms with E-state index in [1.54, 1.807) is 18.3 Å². The number of carbonyl (C=O) groups is 1. The second-order valence-electron chi connectivity index (χ2n) is 5.36. The minimum atomic E-state index is -0.437. The fourth-order valence-corrected chi connectivity index (χ4v) is 2.80. The summed E-state index contributed by atoms with van der Waals surface area (Å²) in [6.45, 7) is 2.08. The lowest BCUT2D eigenvalue weighted by atomic mass is 10.0. The normalized spacial score (nSPS) is 19.0. The highest BCUT2D eigenvalue weighted by atomic mass is 19.1. The number of nitrogens with one attached hydrogen (secondary N) is 1. The summed E-state index contributed by atoms with van der Waals surface area (Å²) in [5.74, 6) is -0.390. The van der Waals surface area contributed by atoms with Gasteiger partial charge in [0.2, 0.25) is 5.91 Å². The van der Waals surface area contributed by atoms with E-state index in [1.165, 1.54) is 12.1 Å². The highest BCUT2D eigenvalue weighted by molar-refractivity contribution is 5.83. The molecule has 0 unspecified atom stereocenters. The van der Waals surface area contributed by atoms with Crippen LogP contribution in [0.3, 0.4) is 0 Å². The first-order valence-electron chi connectivity index (χ1n) is 7.41. The van der Waals surface area contributed by atoms with Crippen molar-refractivity contribution in [2.75, 3.05) is 19.6 Å². The van der Waals surface area contributed by atoms with Crippen molar-refractivity contribution < 1.29 is 9.18 Å². The second-order valence-corrected chi connectivity index (χ2v) is 5.36. The molecule has 22 heavy (non-hydrogen) atoms. The fraction of sp³-hybridized carbons (Fsp3) is 0.294. The lowest BCUT2D eigenvalue weighted by Crippen LogP contribution is -2.50. The lowest BCUT2D eigenvalue weighted by molar-refractivity contribution is -0.129. The monoisotopic (exact) mass is 299 g/mol. The molecule has 1 N–H and O–H groups in total. The Balaban J connectivity index is 1.77. The highest BCUT2D eigenvalue weighted by Crippen LogP contribution is 2.24. The van der Waals surface area contributed by atoms with Crippen molar-refractivity contribution >= 4 is 5.91 Å². The van der Waals surface area contributed by atoms with Gasteiger partial charge in [0.05, 0.1) is 0 Å². The van der Waals surface area contributed by atoms with Gasteiger partial charge >= 0.3 is 0 Å². The van der Waals surface area contributed by atoms with Gasteiger partial charge in [-0.05, 0) is 29.8 Å². The van der Waals surface area contributed by atoms with Crippen LogP contribution in [0.15, 0.2) is 48.7 Å². The van der Waals surface area contributed by atoms with E-state index in [0.717, 1.165) is 18.7 Å². The Morgan fingerprint density at radius 3 is 2.95 bits per heavy atom. The molecule has 4 nitrogen and oxygen atoms in total. The third-order valence-corrected chi connectivity index (χ3v) is 3.86. The minimum Gasteiger partial charge on any atom is -0.353 e. The molecule has 5 heteroatoms. The van der Waals surface area contributed by atoms with Crippen LogP contribution in [0.5, 0.6) is 0 Å². The molecule has 114 valence electrons. The quantitative estimate of drug-likeness (QED) is 0.938. The molecule has 1 saturated heterocycles. The molecule has 0 radical (unpaired) electrons. The number of nitrogens with zero attached hydrogens (tertiary/aromatic N) is 2. The van der Waals surface area contributed by atoms with Gasteiger partial charge in [-0.25, -0.2) is 4.39 Å². The summed E-state index contributed by atoms with van der Waals surface area (Å²) in [7, 11) is 0. The van der Waals surface area contributed by atoms with Gasteiger partial charge in [-0.2, -0.15) is 0 Å². The minimum absolute atomic E-state index is 0.0714. The van der Waals surface area contributed by atoms with E-state index in [9.17, 15) is 9.18 Å². The van der Waals surface area contributed by atoms with Crippen LogP contribution in [0.25, 0.3) is 0 Å². The van der Waals surface area contributed by atoms with Gasteiger partial charge in [0.15, 0.2) is 0 Å². The van der Waals surface area contributed by atoms with Crippen molar-refractivity contribution in [3.8, 4) is 0 Å². The number of rotatable bonds is 4. The zero-order valence-electron chi connectivity index (χ0n) is 12.2. The maximum Gasteiger partial charge on any atom is 0.242 e. The highest BCUT2D eigenvalue weighted by Gasteiger charge is 2.30. The average molecular weight is 299 g/mol. The van der Waals surface area contributed by atoms with Gasteiger partial charge in [-0.1, -0.05) is 18.2 Å². The topological polar surface area (TPSA) is 45.2 Å². The van der Waals surface area contributed by atoms with Gasteiger partial charge in [0, 0.05) is 37.9 Å². The van der Waals surface area contributed by atoms with Crippen molar-refractivity contribution in [2.45, 2.75) is 12.5 Å². The van der Waals surface area contributed by atoms with Gasteiger partial charge in [0.1, 0.15) is 11.9 Å². The van der Waals surface area contributed by atoms with Gasteiger partial charge < -0.3 is 5.32 Å².